The first kappa shape index (κ1) is 44.3. The van der Waals surface area contributed by atoms with E-state index in [0.29, 0.717) is 12.8 Å². The number of ether oxygens (including phenoxy) is 2. The van der Waals surface area contributed by atoms with E-state index >= 15 is 0 Å². The smallest absolute Gasteiger partial charge is 0.469 e. The number of unbranched alkanes of at least 4 members (excludes halogenated alkanes) is 17. The molecular weight excluding hydrogens is 603 g/mol. The summed E-state index contributed by atoms with van der Waals surface area (Å²) in [4.78, 5) is 30.4. The SMILES string of the molecule is CC/C=C/CC(O)/C=C/C=C/CCCCCCCC(=O)O[C@H](CO/C=C/CCCCCCCCCCCCCC)COP(=O)(O)O. The molecule has 0 bridgehead atoms. The highest BCUT2D eigenvalue weighted by Crippen LogP contribution is 2.35. The van der Waals surface area contributed by atoms with Crippen LogP contribution in [0.1, 0.15) is 155 Å². The van der Waals surface area contributed by atoms with Gasteiger partial charge in [-0.25, -0.2) is 4.57 Å². The standard InChI is InChI=1S/C37H67O8P/c1-3-5-7-8-9-10-11-12-13-14-18-21-24-28-32-43-33-36(34-44-46(40,41)42)45-37(39)31-27-23-20-17-15-16-19-22-26-30-35(38)29-25-6-4-2/h6,19,22,25-26,28,30,32,35-36,38H,3-5,7-18,20-21,23-24,27,29,31,33-34H2,1-2H3,(H2,40,41,42)/b22-19+,25-6+,30-26+,32-28+/t35?,36-/m1/s1. The first-order valence-corrected chi connectivity index (χ1v) is 19.6. The van der Waals surface area contributed by atoms with Crippen LogP contribution < -0.4 is 0 Å². The highest BCUT2D eigenvalue weighted by molar-refractivity contribution is 7.46. The summed E-state index contributed by atoms with van der Waals surface area (Å²) in [6.07, 6.45) is 38.0. The first-order chi connectivity index (χ1) is 22.3. The van der Waals surface area contributed by atoms with Crippen LogP contribution in [0.2, 0.25) is 0 Å². The zero-order chi connectivity index (χ0) is 34.0. The van der Waals surface area contributed by atoms with Crippen molar-refractivity contribution < 1.29 is 38.3 Å². The lowest BCUT2D eigenvalue weighted by Gasteiger charge is -2.18. The molecule has 0 rings (SSSR count). The number of phosphoric acid groups is 1. The van der Waals surface area contributed by atoms with Crippen molar-refractivity contribution in [1.82, 2.24) is 0 Å². The van der Waals surface area contributed by atoms with E-state index in [2.05, 4.69) is 24.4 Å². The third-order valence-electron chi connectivity index (χ3n) is 7.54. The second-order valence-electron chi connectivity index (χ2n) is 12.1. The van der Waals surface area contributed by atoms with Gasteiger partial charge in [0.15, 0.2) is 6.10 Å². The Morgan fingerprint density at radius 1 is 0.696 bits per heavy atom. The molecule has 0 aromatic rings. The highest BCUT2D eigenvalue weighted by atomic mass is 31.2. The number of hydrogen-bond donors (Lipinski definition) is 3. The Morgan fingerprint density at radius 2 is 1.26 bits per heavy atom. The van der Waals surface area contributed by atoms with Gasteiger partial charge in [-0.05, 0) is 51.0 Å². The van der Waals surface area contributed by atoms with Crippen LogP contribution >= 0.6 is 7.82 Å². The van der Waals surface area contributed by atoms with Crippen molar-refractivity contribution in [1.29, 1.82) is 0 Å². The third-order valence-corrected chi connectivity index (χ3v) is 8.02. The second kappa shape index (κ2) is 33.2. The number of esters is 1. The maximum absolute atomic E-state index is 12.3. The van der Waals surface area contributed by atoms with E-state index in [1.165, 1.54) is 70.6 Å². The second-order valence-corrected chi connectivity index (χ2v) is 13.3. The van der Waals surface area contributed by atoms with E-state index in [1.807, 2.05) is 30.4 Å². The number of aliphatic hydroxyl groups excluding tert-OH is 1. The van der Waals surface area contributed by atoms with Crippen molar-refractivity contribution in [3.8, 4) is 0 Å². The Hall–Kier alpha value is -1.70. The van der Waals surface area contributed by atoms with E-state index in [4.69, 9.17) is 19.3 Å². The van der Waals surface area contributed by atoms with Crippen LogP contribution in [0, 0.1) is 0 Å². The van der Waals surface area contributed by atoms with Gasteiger partial charge < -0.3 is 24.4 Å². The van der Waals surface area contributed by atoms with Crippen LogP contribution in [-0.4, -0.2) is 46.3 Å². The number of rotatable bonds is 33. The fourth-order valence-corrected chi connectivity index (χ4v) is 5.21. The van der Waals surface area contributed by atoms with Gasteiger partial charge in [0.2, 0.25) is 0 Å². The van der Waals surface area contributed by atoms with E-state index < -0.39 is 32.6 Å². The van der Waals surface area contributed by atoms with Crippen LogP contribution in [-0.2, 0) is 23.4 Å². The molecule has 0 heterocycles. The summed E-state index contributed by atoms with van der Waals surface area (Å²) in [5.41, 5.74) is 0. The summed E-state index contributed by atoms with van der Waals surface area (Å²) in [6.45, 7) is 3.86. The van der Waals surface area contributed by atoms with E-state index in [9.17, 15) is 14.5 Å². The Bertz CT molecular complexity index is 848. The summed E-state index contributed by atoms with van der Waals surface area (Å²) < 4.78 is 26.6. The molecule has 9 heteroatoms. The monoisotopic (exact) mass is 670 g/mol. The van der Waals surface area contributed by atoms with Crippen molar-refractivity contribution in [3.63, 3.8) is 0 Å². The average molecular weight is 671 g/mol. The number of allylic oxidation sites excluding steroid dienone is 5. The van der Waals surface area contributed by atoms with Gasteiger partial charge in [-0.3, -0.25) is 9.32 Å². The van der Waals surface area contributed by atoms with Gasteiger partial charge in [0, 0.05) is 6.42 Å². The minimum atomic E-state index is -4.68. The van der Waals surface area contributed by atoms with Crippen LogP contribution in [0.15, 0.2) is 48.8 Å². The Balaban J connectivity index is 4.00. The lowest BCUT2D eigenvalue weighted by molar-refractivity contribution is -0.153. The fraction of sp³-hybridized carbons (Fsp3) is 0.757. The lowest BCUT2D eigenvalue weighted by atomic mass is 10.0. The predicted molar refractivity (Wildman–Crippen MR) is 189 cm³/mol. The normalized spacial score (nSPS) is 13.8. The molecule has 0 aliphatic rings. The molecule has 0 aliphatic heterocycles. The zero-order valence-corrected chi connectivity index (χ0v) is 30.0. The molecule has 8 nitrogen and oxygen atoms in total. The minimum absolute atomic E-state index is 0.0295. The molecule has 0 aromatic carbocycles. The quantitative estimate of drug-likeness (QED) is 0.0157. The van der Waals surface area contributed by atoms with Gasteiger partial charge in [-0.2, -0.15) is 0 Å². The van der Waals surface area contributed by atoms with Gasteiger partial charge in [-0.15, -0.1) is 0 Å². The van der Waals surface area contributed by atoms with Gasteiger partial charge in [0.05, 0.1) is 19.0 Å². The molecule has 2 atom stereocenters. The Morgan fingerprint density at radius 3 is 1.85 bits per heavy atom. The molecule has 0 fully saturated rings. The summed E-state index contributed by atoms with van der Waals surface area (Å²) in [7, 11) is -4.68. The van der Waals surface area contributed by atoms with Crippen LogP contribution in [0.25, 0.3) is 0 Å². The van der Waals surface area contributed by atoms with Gasteiger partial charge in [-0.1, -0.05) is 140 Å². The number of carbonyl (C=O) groups excluding carboxylic acids is 1. The molecule has 1 unspecified atom stereocenters. The number of carbonyl (C=O) groups is 1. The molecular formula is C37H67O8P. The topological polar surface area (TPSA) is 123 Å². The molecule has 0 radical (unpaired) electrons. The highest BCUT2D eigenvalue weighted by Gasteiger charge is 2.21. The number of phosphoric ester groups is 1. The summed E-state index contributed by atoms with van der Waals surface area (Å²) >= 11 is 0. The molecule has 268 valence electrons. The molecule has 0 spiro atoms. The Labute approximate surface area is 281 Å². The fourth-order valence-electron chi connectivity index (χ4n) is 4.85. The van der Waals surface area contributed by atoms with Crippen molar-refractivity contribution in [2.75, 3.05) is 13.2 Å². The first-order valence-electron chi connectivity index (χ1n) is 18.1. The van der Waals surface area contributed by atoms with Gasteiger partial charge in [0.25, 0.3) is 0 Å². The largest absolute Gasteiger partial charge is 0.498 e. The predicted octanol–water partition coefficient (Wildman–Crippen LogP) is 10.2. The maximum atomic E-state index is 12.3. The van der Waals surface area contributed by atoms with Crippen molar-refractivity contribution >= 4 is 13.8 Å². The van der Waals surface area contributed by atoms with Crippen LogP contribution in [0.5, 0.6) is 0 Å². The number of hydrogen-bond acceptors (Lipinski definition) is 6. The van der Waals surface area contributed by atoms with E-state index in [1.54, 1.807) is 12.3 Å². The van der Waals surface area contributed by atoms with Crippen molar-refractivity contribution in [2.24, 2.45) is 0 Å². The molecule has 0 saturated heterocycles. The third kappa shape index (κ3) is 35.2. The molecule has 3 N–H and O–H groups in total. The van der Waals surface area contributed by atoms with Gasteiger partial charge >= 0.3 is 13.8 Å². The summed E-state index contributed by atoms with van der Waals surface area (Å²) in [6, 6.07) is 0. The van der Waals surface area contributed by atoms with Crippen molar-refractivity contribution in [2.45, 2.75) is 167 Å². The molecule has 0 amide bonds. The van der Waals surface area contributed by atoms with Crippen LogP contribution in [0.3, 0.4) is 0 Å². The maximum Gasteiger partial charge on any atom is 0.469 e. The summed E-state index contributed by atoms with van der Waals surface area (Å²) in [5.74, 6) is -0.425. The molecule has 0 aromatic heterocycles. The van der Waals surface area contributed by atoms with Gasteiger partial charge in [0.1, 0.15) is 6.61 Å². The van der Waals surface area contributed by atoms with E-state index in [-0.39, 0.29) is 13.0 Å². The lowest BCUT2D eigenvalue weighted by Crippen LogP contribution is -2.27. The Kier molecular flexibility index (Phi) is 32.0. The summed E-state index contributed by atoms with van der Waals surface area (Å²) in [5, 5.41) is 9.82. The molecule has 0 saturated carbocycles. The molecule has 46 heavy (non-hydrogen) atoms. The molecule has 0 aliphatic carbocycles. The van der Waals surface area contributed by atoms with E-state index in [0.717, 1.165) is 51.4 Å². The van der Waals surface area contributed by atoms with Crippen LogP contribution in [0.4, 0.5) is 0 Å². The number of aliphatic hydroxyl groups is 1. The zero-order valence-electron chi connectivity index (χ0n) is 29.1. The average Bonchev–Trinajstić information content (AvgIpc) is 3.01. The minimum Gasteiger partial charge on any atom is -0.498 e. The van der Waals surface area contributed by atoms with Crippen molar-refractivity contribution in [3.05, 3.63) is 48.8 Å².